The molecule has 2 N–H and O–H groups in total. The van der Waals surface area contributed by atoms with Gasteiger partial charge in [-0.1, -0.05) is 26.0 Å². The van der Waals surface area contributed by atoms with E-state index in [4.69, 9.17) is 0 Å². The number of aryl methyl sites for hydroxylation is 1. The molecule has 0 amide bonds. The summed E-state index contributed by atoms with van der Waals surface area (Å²) < 4.78 is 0. The maximum atomic E-state index is 12.3. The molecule has 1 aromatic carbocycles. The van der Waals surface area contributed by atoms with Gasteiger partial charge in [0.15, 0.2) is 0 Å². The van der Waals surface area contributed by atoms with Crippen molar-refractivity contribution in [1.82, 2.24) is 5.32 Å². The number of carboxylic acids is 1. The first kappa shape index (κ1) is 19.4. The lowest BCUT2D eigenvalue weighted by Crippen LogP contribution is -2.22. The van der Waals surface area contributed by atoms with Crippen LogP contribution in [0.15, 0.2) is 35.0 Å². The molecule has 1 aliphatic rings. The highest BCUT2D eigenvalue weighted by molar-refractivity contribution is 7.16. The van der Waals surface area contributed by atoms with Crippen LogP contribution in [0, 0.1) is 5.41 Å². The van der Waals surface area contributed by atoms with E-state index in [-0.39, 0.29) is 5.41 Å². The molecule has 2 heterocycles. The average Bonchev–Trinajstić information content (AvgIpc) is 3.28. The van der Waals surface area contributed by atoms with Gasteiger partial charge in [0.1, 0.15) is 0 Å². The van der Waals surface area contributed by atoms with E-state index in [1.54, 1.807) is 22.7 Å². The van der Waals surface area contributed by atoms with Crippen LogP contribution in [0.3, 0.4) is 0 Å². The van der Waals surface area contributed by atoms with Gasteiger partial charge in [0.2, 0.25) is 0 Å². The van der Waals surface area contributed by atoms with E-state index < -0.39 is 5.97 Å². The molecule has 0 aliphatic heterocycles. The summed E-state index contributed by atoms with van der Waals surface area (Å²) >= 11 is 3.37. The van der Waals surface area contributed by atoms with Crippen LogP contribution in [0.4, 0.5) is 0 Å². The molecule has 0 atom stereocenters. The first-order chi connectivity index (χ1) is 13.4. The molecule has 5 heteroatoms. The fourth-order valence-corrected chi connectivity index (χ4v) is 6.13. The number of thiophene rings is 2. The molecule has 3 nitrogen and oxygen atoms in total. The fourth-order valence-electron chi connectivity index (χ4n) is 4.10. The maximum absolute atomic E-state index is 12.3. The van der Waals surface area contributed by atoms with Gasteiger partial charge in [0.25, 0.3) is 0 Å². The smallest absolute Gasteiger partial charge is 0.337 e. The third-order valence-corrected chi connectivity index (χ3v) is 7.57. The van der Waals surface area contributed by atoms with Crippen molar-refractivity contribution in [2.75, 3.05) is 7.05 Å². The van der Waals surface area contributed by atoms with Gasteiger partial charge in [-0.3, -0.25) is 0 Å². The number of fused-ring (bicyclic) bond motifs is 1. The summed E-state index contributed by atoms with van der Waals surface area (Å²) in [5.74, 6) is -0.803. The van der Waals surface area contributed by atoms with Crippen LogP contribution in [-0.2, 0) is 19.4 Å². The lowest BCUT2D eigenvalue weighted by molar-refractivity contribution is 0.0696. The van der Waals surface area contributed by atoms with Gasteiger partial charge in [-0.25, -0.2) is 4.79 Å². The van der Waals surface area contributed by atoms with Crippen LogP contribution in [0.1, 0.15) is 46.6 Å². The molecule has 0 spiro atoms. The molecule has 2 aromatic heterocycles. The Balaban J connectivity index is 1.87. The second-order valence-electron chi connectivity index (χ2n) is 8.27. The van der Waals surface area contributed by atoms with Crippen LogP contribution < -0.4 is 5.32 Å². The molecule has 0 unspecified atom stereocenters. The van der Waals surface area contributed by atoms with Crippen molar-refractivity contribution < 1.29 is 9.90 Å². The lowest BCUT2D eigenvalue weighted by Gasteiger charge is -2.29. The minimum Gasteiger partial charge on any atom is -0.478 e. The summed E-state index contributed by atoms with van der Waals surface area (Å²) in [5.41, 5.74) is 6.31. The number of nitrogens with one attached hydrogen (secondary N) is 1. The highest BCUT2D eigenvalue weighted by atomic mass is 32.1. The fraction of sp³-hybridized carbons (Fsp3) is 0.348. The van der Waals surface area contributed by atoms with E-state index in [9.17, 15) is 9.90 Å². The third kappa shape index (κ3) is 3.54. The van der Waals surface area contributed by atoms with Crippen molar-refractivity contribution in [1.29, 1.82) is 0 Å². The van der Waals surface area contributed by atoms with Crippen LogP contribution >= 0.6 is 22.7 Å². The van der Waals surface area contributed by atoms with Crippen molar-refractivity contribution in [3.63, 3.8) is 0 Å². The van der Waals surface area contributed by atoms with E-state index in [0.29, 0.717) is 12.1 Å². The lowest BCUT2D eigenvalue weighted by atomic mass is 9.76. The van der Waals surface area contributed by atoms with Crippen molar-refractivity contribution >= 4 is 28.6 Å². The average molecular weight is 412 g/mol. The van der Waals surface area contributed by atoms with Crippen molar-refractivity contribution in [3.8, 4) is 21.6 Å². The summed E-state index contributed by atoms with van der Waals surface area (Å²) in [6.07, 6.45) is 2.93. The minimum atomic E-state index is -0.803. The quantitative estimate of drug-likeness (QED) is 0.535. The topological polar surface area (TPSA) is 49.3 Å². The molecule has 146 valence electrons. The number of rotatable bonds is 5. The Morgan fingerprint density at radius 1 is 1.25 bits per heavy atom. The van der Waals surface area contributed by atoms with Gasteiger partial charge in [0, 0.05) is 16.3 Å². The van der Waals surface area contributed by atoms with E-state index in [1.165, 1.54) is 16.0 Å². The molecule has 0 radical (unpaired) electrons. The monoisotopic (exact) mass is 411 g/mol. The molecule has 0 fully saturated rings. The van der Waals surface area contributed by atoms with Crippen LogP contribution in [0.2, 0.25) is 0 Å². The Morgan fingerprint density at radius 2 is 2.07 bits per heavy atom. The standard InChI is InChI=1S/C23H25NO2S2/c1-23(2)8-6-19-18(11-23)20(22(25)26)21(28-19)17-5-4-14(10-16(17)12-24-3)15-7-9-27-13-15/h4-5,7,9-10,13,24H,6,8,11-12H2,1-3H3,(H,25,26). The Morgan fingerprint density at radius 3 is 2.75 bits per heavy atom. The Bertz CT molecular complexity index is 1020. The van der Waals surface area contributed by atoms with Gasteiger partial charge < -0.3 is 10.4 Å². The predicted octanol–water partition coefficient (Wildman–Crippen LogP) is 6.08. The molecule has 28 heavy (non-hydrogen) atoms. The highest BCUT2D eigenvalue weighted by Gasteiger charge is 2.33. The largest absolute Gasteiger partial charge is 0.478 e. The van der Waals surface area contributed by atoms with Crippen molar-refractivity contribution in [2.45, 2.75) is 39.7 Å². The molecule has 0 saturated carbocycles. The van der Waals surface area contributed by atoms with E-state index in [2.05, 4.69) is 54.2 Å². The van der Waals surface area contributed by atoms with Crippen LogP contribution in [-0.4, -0.2) is 18.1 Å². The third-order valence-electron chi connectivity index (χ3n) is 5.56. The first-order valence-electron chi connectivity index (χ1n) is 9.58. The second kappa shape index (κ2) is 7.47. The zero-order chi connectivity index (χ0) is 19.9. The number of hydrogen-bond donors (Lipinski definition) is 2. The number of benzene rings is 1. The van der Waals surface area contributed by atoms with Gasteiger partial charge >= 0.3 is 5.97 Å². The van der Waals surface area contributed by atoms with Crippen LogP contribution in [0.5, 0.6) is 0 Å². The van der Waals surface area contributed by atoms with E-state index >= 15 is 0 Å². The van der Waals surface area contributed by atoms with E-state index in [1.807, 2.05) is 7.05 Å². The highest BCUT2D eigenvalue weighted by Crippen LogP contribution is 2.46. The summed E-state index contributed by atoms with van der Waals surface area (Å²) in [4.78, 5) is 14.4. The van der Waals surface area contributed by atoms with E-state index in [0.717, 1.165) is 40.8 Å². The van der Waals surface area contributed by atoms with Crippen molar-refractivity contribution in [3.05, 3.63) is 56.6 Å². The summed E-state index contributed by atoms with van der Waals surface area (Å²) in [7, 11) is 1.93. The normalized spacial score (nSPS) is 15.4. The predicted molar refractivity (Wildman–Crippen MR) is 119 cm³/mol. The van der Waals surface area contributed by atoms with Crippen molar-refractivity contribution in [2.24, 2.45) is 5.41 Å². The van der Waals surface area contributed by atoms with Gasteiger partial charge in [-0.2, -0.15) is 11.3 Å². The first-order valence-corrected chi connectivity index (χ1v) is 11.3. The second-order valence-corrected chi connectivity index (χ2v) is 10.2. The molecular formula is C23H25NO2S2. The summed E-state index contributed by atoms with van der Waals surface area (Å²) in [6.45, 7) is 5.18. The molecule has 4 rings (SSSR count). The molecule has 0 bridgehead atoms. The van der Waals surface area contributed by atoms with Gasteiger partial charge in [-0.05, 0) is 82.4 Å². The van der Waals surface area contributed by atoms with Gasteiger partial charge in [-0.15, -0.1) is 11.3 Å². The van der Waals surface area contributed by atoms with Crippen LogP contribution in [0.25, 0.3) is 21.6 Å². The summed E-state index contributed by atoms with van der Waals surface area (Å²) in [5, 5.41) is 17.5. The Kier molecular flexibility index (Phi) is 5.17. The molecule has 1 aliphatic carbocycles. The molecule has 0 saturated heterocycles. The van der Waals surface area contributed by atoms with Gasteiger partial charge in [0.05, 0.1) is 5.56 Å². The summed E-state index contributed by atoms with van der Waals surface area (Å²) in [6, 6.07) is 8.54. The Hall–Kier alpha value is -1.95. The SMILES string of the molecule is CNCc1cc(-c2ccsc2)ccc1-c1sc2c(c1C(=O)O)CC(C)(C)CC2. The maximum Gasteiger partial charge on any atom is 0.337 e. The number of carbonyl (C=O) groups is 1. The Labute approximate surface area is 174 Å². The zero-order valence-electron chi connectivity index (χ0n) is 16.5. The molecule has 3 aromatic rings. The number of aromatic carboxylic acids is 1. The minimum absolute atomic E-state index is 0.159. The molecular weight excluding hydrogens is 386 g/mol. The number of carboxylic acid groups (broad SMARTS) is 1. The number of hydrogen-bond acceptors (Lipinski definition) is 4. The zero-order valence-corrected chi connectivity index (χ0v) is 18.1.